The Balaban J connectivity index is 0.000000127. The molecule has 0 aromatic heterocycles. The van der Waals surface area contributed by atoms with E-state index in [0.29, 0.717) is 0 Å². The van der Waals surface area contributed by atoms with Crippen molar-refractivity contribution in [2.24, 2.45) is 0 Å². The van der Waals surface area contributed by atoms with Crippen LogP contribution in [0.3, 0.4) is 0 Å². The Hall–Kier alpha value is -15.8. The number of rotatable bonds is 20. The smallest absolute Gasteiger partial charge is 0.302 e. The van der Waals surface area contributed by atoms with Crippen molar-refractivity contribution >= 4 is 102 Å². The topological polar surface area (TPSA) is 126 Å². The predicted molar refractivity (Wildman–Crippen MR) is 599 cm³/mol. The maximum Gasteiger partial charge on any atom is 0.302 e. The number of carbonyl (C=O) groups is 1. The molecule has 5 heterocycles. The van der Waals surface area contributed by atoms with Crippen molar-refractivity contribution < 1.29 is 52.2 Å². The van der Waals surface area contributed by atoms with Gasteiger partial charge in [-0.2, -0.15) is 0 Å². The molecule has 1 fully saturated rings. The summed E-state index contributed by atoms with van der Waals surface area (Å²) in [5.74, 6) is 7.24. The number of piperidine rings is 1. The van der Waals surface area contributed by atoms with E-state index in [1.165, 1.54) is 76.0 Å². The lowest BCUT2D eigenvalue weighted by atomic mass is 9.82. The van der Waals surface area contributed by atoms with Gasteiger partial charge in [0.25, 0.3) is 0 Å². The number of benzene rings is 16. The Morgan fingerprint density at radius 3 is 1.03 bits per heavy atom. The van der Waals surface area contributed by atoms with E-state index in [4.69, 9.17) is 47.4 Å². The van der Waals surface area contributed by atoms with Crippen LogP contribution in [0.5, 0.6) is 51.7 Å². The maximum atomic E-state index is 11.7. The van der Waals surface area contributed by atoms with Crippen LogP contribution in [-0.4, -0.2) is 111 Å². The summed E-state index contributed by atoms with van der Waals surface area (Å²) in [6.45, 7) is 20.9. The Morgan fingerprint density at radius 1 is 0.303 bits per heavy atom. The fourth-order valence-corrected chi connectivity index (χ4v) is 20.9. The van der Waals surface area contributed by atoms with Crippen LogP contribution in [0.1, 0.15) is 143 Å². The van der Waals surface area contributed by atoms with Crippen LogP contribution in [0.2, 0.25) is 0 Å². The van der Waals surface area contributed by atoms with Crippen LogP contribution < -0.4 is 67.1 Å². The van der Waals surface area contributed by atoms with Crippen molar-refractivity contribution in [3.63, 3.8) is 0 Å². The summed E-state index contributed by atoms with van der Waals surface area (Å²) >= 11 is 0. The fourth-order valence-electron chi connectivity index (χ4n) is 20.9. The molecule has 0 radical (unpaired) electrons. The third-order valence-corrected chi connectivity index (χ3v) is 29.2. The Labute approximate surface area is 854 Å². The van der Waals surface area contributed by atoms with Crippen LogP contribution in [0.15, 0.2) is 297 Å². The normalized spacial score (nSPS) is 17.0. The zero-order chi connectivity index (χ0) is 102. The number of esters is 1. The molecule has 4 unspecified atom stereocenters. The van der Waals surface area contributed by atoms with E-state index in [0.717, 1.165) is 203 Å². The van der Waals surface area contributed by atoms with Gasteiger partial charge >= 0.3 is 5.97 Å². The molecule has 16 heteroatoms. The first-order valence-electron chi connectivity index (χ1n) is 49.8. The van der Waals surface area contributed by atoms with Gasteiger partial charge in [0.05, 0.1) is 35.5 Å². The molecule has 4 atom stereocenters. The number of ether oxygens (including phenoxy) is 10. The zero-order valence-corrected chi connectivity index (χ0v) is 87.6. The van der Waals surface area contributed by atoms with E-state index in [-0.39, 0.29) is 12.6 Å². The second-order valence-corrected chi connectivity index (χ2v) is 39.5. The molecule has 5 aliphatic heterocycles. The lowest BCUT2D eigenvalue weighted by molar-refractivity contribution is -0.142. The molecule has 5 aliphatic rings. The lowest BCUT2D eigenvalue weighted by Gasteiger charge is -2.37. The predicted octanol–water partition coefficient (Wildman–Crippen LogP) is 28.6. The van der Waals surface area contributed by atoms with Gasteiger partial charge in [-0.3, -0.25) is 4.79 Å². The van der Waals surface area contributed by atoms with Crippen molar-refractivity contribution in [3.8, 4) is 51.7 Å². The lowest BCUT2D eigenvalue weighted by Crippen LogP contribution is -2.35. The molecule has 0 aliphatic carbocycles. The number of anilines is 5. The van der Waals surface area contributed by atoms with E-state index >= 15 is 0 Å². The number of fused-ring (bicyclic) bond motifs is 12. The second-order valence-electron chi connectivity index (χ2n) is 39.5. The summed E-state index contributed by atoms with van der Waals surface area (Å²) in [5.41, 5.74) is 25.8. The minimum Gasteiger partial charge on any atom is -0.497 e. The van der Waals surface area contributed by atoms with Crippen molar-refractivity contribution in [2.75, 3.05) is 130 Å². The molecule has 0 bridgehead atoms. The zero-order valence-electron chi connectivity index (χ0n) is 87.6. The van der Waals surface area contributed by atoms with Gasteiger partial charge < -0.3 is 71.9 Å². The van der Waals surface area contributed by atoms with Gasteiger partial charge in [0, 0.05) is 199 Å². The van der Waals surface area contributed by atoms with E-state index in [1.807, 2.05) is 68.7 Å². The van der Waals surface area contributed by atoms with Gasteiger partial charge in [0.2, 0.25) is 0 Å². The average molecular weight is 1930 g/mol. The van der Waals surface area contributed by atoms with Gasteiger partial charge in [-0.15, -0.1) is 0 Å². The molecule has 0 N–H and O–H groups in total. The number of carbonyl (C=O) groups excluding carboxylic acids is 1. The molecule has 16 aromatic rings. The number of aryl methyl sites for hydroxylation is 8. The van der Waals surface area contributed by atoms with Crippen molar-refractivity contribution in [3.05, 3.63) is 414 Å². The van der Waals surface area contributed by atoms with Crippen LogP contribution in [0.4, 0.5) is 28.4 Å². The van der Waals surface area contributed by atoms with Crippen molar-refractivity contribution in [1.82, 2.24) is 0 Å². The first kappa shape index (κ1) is 99.3. The summed E-state index contributed by atoms with van der Waals surface area (Å²) in [4.78, 5) is 22.6. The van der Waals surface area contributed by atoms with E-state index in [1.54, 1.807) is 35.5 Å². The molecular weight excluding hydrogens is 1800 g/mol. The first-order chi connectivity index (χ1) is 69.9. The van der Waals surface area contributed by atoms with Gasteiger partial charge in [0.1, 0.15) is 58.4 Å². The number of hydrogen-bond acceptors (Lipinski definition) is 16. The summed E-state index contributed by atoms with van der Waals surface area (Å²) in [6.07, 6.45) is 21.3. The van der Waals surface area contributed by atoms with Gasteiger partial charge in [-0.25, -0.2) is 0 Å². The molecule has 16 aromatic carbocycles. The molecule has 0 saturated carbocycles. The van der Waals surface area contributed by atoms with E-state index < -0.39 is 22.4 Å². The average Bonchev–Trinajstić information content (AvgIpc) is 0.739. The number of nitrogens with zero attached hydrogens (tertiary/aromatic N) is 5. The largest absolute Gasteiger partial charge is 0.497 e. The number of hydrogen-bond donors (Lipinski definition) is 0. The molecule has 16 nitrogen and oxygen atoms in total. The molecular formula is C129H131N5O11. The quantitative estimate of drug-likeness (QED) is 0.0671. The molecule has 145 heavy (non-hydrogen) atoms. The van der Waals surface area contributed by atoms with Gasteiger partial charge in [0.15, 0.2) is 22.4 Å². The highest BCUT2D eigenvalue weighted by Crippen LogP contribution is 2.55. The Bertz CT molecular complexity index is 7660. The van der Waals surface area contributed by atoms with Crippen molar-refractivity contribution in [2.45, 2.75) is 111 Å². The molecule has 0 amide bonds. The minimum absolute atomic E-state index is 0.169. The highest BCUT2D eigenvalue weighted by Gasteiger charge is 2.44. The highest BCUT2D eigenvalue weighted by atomic mass is 16.5. The van der Waals surface area contributed by atoms with E-state index in [2.05, 4.69) is 389 Å². The summed E-state index contributed by atoms with van der Waals surface area (Å²) < 4.78 is 61.9. The minimum atomic E-state index is -0.844. The van der Waals surface area contributed by atoms with Crippen LogP contribution in [-0.2, 0) is 38.5 Å². The Kier molecular flexibility index (Phi) is 28.3. The molecule has 21 rings (SSSR count). The standard InChI is InChI=1S/C34H35NO3.C32H34N2O2.C32H31NO4.C31H31NO2/c1-23-20-25-21-24(2)32(37-4)22-31(25)33-30(23)16-17-34(38-33,27-10-14-29(36-3)15-11-27)26-8-12-28(13-9-26)35-18-6-5-7-19-35;1-21-18-26(34(5)6)20-30-29(21)19-22(2)28-16-17-32(36-31(28)30,24-10-14-27(35-7)15-11-24)23-8-12-25(13-9-23)33(3)4;1-21-17-27(35-5)19-30-29(21)18-23(20-36-22(2)34)28-15-16-32(37-31(28)30,24-9-7-6-8-10-24)25-11-13-26(14-12-25)33(3)4;1-20-7-9-23(10-8-20)31(24-11-13-25(14-12-24)32(4)5)16-15-27-22(3)18-28-21(2)17-26(33-6)19-29(28)30(27)34-31/h8-17,20-22H,5-7,18-19H2,1-4H3;8-20H,1-7H3;6-19H,20H2,1-5H3;7-19H,1-6H3. The monoisotopic (exact) mass is 1930 g/mol. The molecule has 0 spiro atoms. The highest BCUT2D eigenvalue weighted by molar-refractivity contribution is 6.01. The third-order valence-electron chi connectivity index (χ3n) is 29.2. The third kappa shape index (κ3) is 19.3. The van der Waals surface area contributed by atoms with Crippen molar-refractivity contribution in [1.29, 1.82) is 0 Å². The van der Waals surface area contributed by atoms with Crippen LogP contribution >= 0.6 is 0 Å². The maximum absolute atomic E-state index is 11.7. The fraction of sp³-hybridized carbons (Fsp3) is 0.248. The summed E-state index contributed by atoms with van der Waals surface area (Å²) in [6, 6.07) is 95.9. The SMILES string of the molecule is COc1cc(C)c2cc(C)c3c(c2c1)OC(c1ccc(C)cc1)(c1ccc(N(C)C)cc1)C=C3.COc1cc(C)c2cc(COC(C)=O)c3c(c2c1)OC(c1ccccc1)(c1ccc(N(C)C)cc1)C=C3.COc1ccc(C2(c3ccc(N(C)C)cc3)C=Cc3c(C)cc4c(C)cc(N(C)C)cc4c3O2)cc1.COc1ccc(C2(c3ccc(N4CCCCC4)cc3)C=Cc3c(C)cc4cc(C)c(OC)cc4c3O2)cc1. The second kappa shape index (κ2) is 41.3. The molecule has 738 valence electrons. The summed E-state index contributed by atoms with van der Waals surface area (Å²) in [7, 11) is 24.9. The first-order valence-corrected chi connectivity index (χ1v) is 49.8. The number of methoxy groups -OCH3 is 5. The Morgan fingerprint density at radius 2 is 0.641 bits per heavy atom. The van der Waals surface area contributed by atoms with E-state index in [9.17, 15) is 4.79 Å². The van der Waals surface area contributed by atoms with Crippen LogP contribution in [0.25, 0.3) is 67.4 Å². The van der Waals surface area contributed by atoms with Crippen LogP contribution in [0, 0.1) is 55.4 Å². The summed E-state index contributed by atoms with van der Waals surface area (Å²) in [5, 5.41) is 8.80. The molecule has 1 saturated heterocycles. The van der Waals surface area contributed by atoms with Gasteiger partial charge in [-0.1, -0.05) is 175 Å². The van der Waals surface area contributed by atoms with Gasteiger partial charge in [-0.05, 0) is 287 Å².